The zero-order chi connectivity index (χ0) is 17.3. The van der Waals surface area contributed by atoms with E-state index in [0.29, 0.717) is 12.0 Å². The Morgan fingerprint density at radius 3 is 2.67 bits per heavy atom. The Balaban J connectivity index is 2.05. The van der Waals surface area contributed by atoms with Crippen LogP contribution in [0.2, 0.25) is 0 Å². The Kier molecular flexibility index (Phi) is 4.25. The van der Waals surface area contributed by atoms with Gasteiger partial charge in [0.2, 0.25) is 15.9 Å². The molecular formula is C16H16N2O5S. The predicted molar refractivity (Wildman–Crippen MR) is 85.2 cm³/mol. The van der Waals surface area contributed by atoms with Crippen LogP contribution >= 0.6 is 0 Å². The molecule has 1 N–H and O–H groups in total. The third-order valence-corrected chi connectivity index (χ3v) is 5.85. The summed E-state index contributed by atoms with van der Waals surface area (Å²) in [4.78, 5) is 15.6. The number of methoxy groups -OCH3 is 1. The Morgan fingerprint density at radius 2 is 2.04 bits per heavy atom. The molecule has 1 aromatic carbocycles. The van der Waals surface area contributed by atoms with Gasteiger partial charge in [0.15, 0.2) is 0 Å². The SMILES string of the molecule is COc1ccc(S(=O)(=O)N2CCc3ccccc3C2C(=O)O)cn1. The van der Waals surface area contributed by atoms with Gasteiger partial charge >= 0.3 is 5.97 Å². The molecule has 1 aromatic heterocycles. The quantitative estimate of drug-likeness (QED) is 0.898. The van der Waals surface area contributed by atoms with Crippen LogP contribution in [0.5, 0.6) is 5.88 Å². The van der Waals surface area contributed by atoms with E-state index in [9.17, 15) is 18.3 Å². The molecule has 0 spiro atoms. The maximum Gasteiger partial charge on any atom is 0.326 e. The first-order valence-electron chi connectivity index (χ1n) is 7.27. The standard InChI is InChI=1S/C16H16N2O5S/c1-23-14-7-6-12(10-17-14)24(21,22)18-9-8-11-4-2-3-5-13(11)15(18)16(19)20/h2-7,10,15H,8-9H2,1H3,(H,19,20). The highest BCUT2D eigenvalue weighted by molar-refractivity contribution is 7.89. The zero-order valence-corrected chi connectivity index (χ0v) is 13.7. The van der Waals surface area contributed by atoms with Crippen LogP contribution in [0.3, 0.4) is 0 Å². The first-order valence-corrected chi connectivity index (χ1v) is 8.71. The number of carboxylic acid groups (broad SMARTS) is 1. The largest absolute Gasteiger partial charge is 0.481 e. The minimum atomic E-state index is -3.99. The molecule has 1 unspecified atom stereocenters. The lowest BCUT2D eigenvalue weighted by atomic mass is 9.94. The molecular weight excluding hydrogens is 332 g/mol. The molecule has 0 radical (unpaired) electrons. The molecule has 0 bridgehead atoms. The number of hydrogen-bond donors (Lipinski definition) is 1. The average molecular weight is 348 g/mol. The number of carbonyl (C=O) groups is 1. The lowest BCUT2D eigenvalue weighted by Crippen LogP contribution is -2.43. The molecule has 1 aliphatic heterocycles. The molecule has 1 aliphatic rings. The van der Waals surface area contributed by atoms with Gasteiger partial charge in [-0.05, 0) is 23.6 Å². The molecule has 3 rings (SSSR count). The number of benzene rings is 1. The number of ether oxygens (including phenoxy) is 1. The minimum Gasteiger partial charge on any atom is -0.481 e. The summed E-state index contributed by atoms with van der Waals surface area (Å²) < 4.78 is 31.7. The first kappa shape index (κ1) is 16.4. The summed E-state index contributed by atoms with van der Waals surface area (Å²) in [6.45, 7) is 0.0995. The van der Waals surface area contributed by atoms with Crippen LogP contribution in [0.15, 0.2) is 47.5 Å². The summed E-state index contributed by atoms with van der Waals surface area (Å²) in [7, 11) is -2.56. The van der Waals surface area contributed by atoms with Gasteiger partial charge in [0, 0.05) is 12.6 Å². The molecule has 0 saturated carbocycles. The van der Waals surface area contributed by atoms with E-state index in [1.54, 1.807) is 12.1 Å². The summed E-state index contributed by atoms with van der Waals surface area (Å²) in [5.41, 5.74) is 1.35. The van der Waals surface area contributed by atoms with Gasteiger partial charge in [-0.25, -0.2) is 13.4 Å². The van der Waals surface area contributed by atoms with E-state index in [-0.39, 0.29) is 17.3 Å². The second kappa shape index (κ2) is 6.21. The number of rotatable bonds is 4. The van der Waals surface area contributed by atoms with Crippen LogP contribution in [-0.4, -0.2) is 42.4 Å². The van der Waals surface area contributed by atoms with E-state index >= 15 is 0 Å². The molecule has 1 atom stereocenters. The van der Waals surface area contributed by atoms with Crippen LogP contribution in [0.1, 0.15) is 17.2 Å². The third kappa shape index (κ3) is 2.74. The highest BCUT2D eigenvalue weighted by Gasteiger charge is 2.40. The van der Waals surface area contributed by atoms with Crippen LogP contribution in [0.4, 0.5) is 0 Å². The number of pyridine rings is 1. The van der Waals surface area contributed by atoms with Crippen LogP contribution in [0, 0.1) is 0 Å². The van der Waals surface area contributed by atoms with E-state index < -0.39 is 22.0 Å². The molecule has 0 aliphatic carbocycles. The number of aromatic nitrogens is 1. The van der Waals surface area contributed by atoms with Gasteiger partial charge in [0.1, 0.15) is 10.9 Å². The second-order valence-electron chi connectivity index (χ2n) is 5.34. The second-order valence-corrected chi connectivity index (χ2v) is 7.23. The van der Waals surface area contributed by atoms with Gasteiger partial charge in [0.25, 0.3) is 0 Å². The fraction of sp³-hybridized carbons (Fsp3) is 0.250. The highest BCUT2D eigenvalue weighted by atomic mass is 32.2. The van der Waals surface area contributed by atoms with Gasteiger partial charge in [-0.15, -0.1) is 0 Å². The van der Waals surface area contributed by atoms with Crippen molar-refractivity contribution in [3.05, 3.63) is 53.7 Å². The number of carboxylic acids is 1. The molecule has 0 fully saturated rings. The molecule has 0 amide bonds. The maximum absolute atomic E-state index is 12.9. The number of fused-ring (bicyclic) bond motifs is 1. The average Bonchev–Trinajstić information content (AvgIpc) is 2.60. The molecule has 8 heteroatoms. The third-order valence-electron chi connectivity index (χ3n) is 4.00. The topological polar surface area (TPSA) is 96.8 Å². The van der Waals surface area contributed by atoms with Crippen molar-refractivity contribution in [1.29, 1.82) is 0 Å². The smallest absolute Gasteiger partial charge is 0.326 e. The van der Waals surface area contributed by atoms with E-state index in [2.05, 4.69) is 4.98 Å². The Bertz CT molecular complexity index is 864. The zero-order valence-electron chi connectivity index (χ0n) is 12.9. The van der Waals surface area contributed by atoms with E-state index in [4.69, 9.17) is 4.74 Å². The van der Waals surface area contributed by atoms with Crippen molar-refractivity contribution in [3.63, 3.8) is 0 Å². The van der Waals surface area contributed by atoms with Crippen molar-refractivity contribution < 1.29 is 23.1 Å². The highest BCUT2D eigenvalue weighted by Crippen LogP contribution is 2.34. The number of sulfonamides is 1. The van der Waals surface area contributed by atoms with Crippen LogP contribution in [0.25, 0.3) is 0 Å². The Morgan fingerprint density at radius 1 is 1.29 bits per heavy atom. The molecule has 126 valence electrons. The van der Waals surface area contributed by atoms with Crippen molar-refractivity contribution in [2.45, 2.75) is 17.4 Å². The van der Waals surface area contributed by atoms with Gasteiger partial charge < -0.3 is 9.84 Å². The van der Waals surface area contributed by atoms with Crippen LogP contribution < -0.4 is 4.74 Å². The normalized spacial score (nSPS) is 18.0. The molecule has 2 heterocycles. The summed E-state index contributed by atoms with van der Waals surface area (Å²) >= 11 is 0. The summed E-state index contributed by atoms with van der Waals surface area (Å²) in [6.07, 6.45) is 1.64. The molecule has 2 aromatic rings. The lowest BCUT2D eigenvalue weighted by molar-refractivity contribution is -0.142. The van der Waals surface area contributed by atoms with Crippen molar-refractivity contribution in [1.82, 2.24) is 9.29 Å². The Labute approximate surface area is 139 Å². The summed E-state index contributed by atoms with van der Waals surface area (Å²) in [6, 6.07) is 8.55. The van der Waals surface area contributed by atoms with E-state index in [0.717, 1.165) is 9.87 Å². The fourth-order valence-electron chi connectivity index (χ4n) is 2.83. The summed E-state index contributed by atoms with van der Waals surface area (Å²) in [5.74, 6) is -0.917. The number of aliphatic carboxylic acids is 1. The fourth-order valence-corrected chi connectivity index (χ4v) is 4.34. The van der Waals surface area contributed by atoms with Crippen molar-refractivity contribution in [2.24, 2.45) is 0 Å². The van der Waals surface area contributed by atoms with Crippen molar-refractivity contribution >= 4 is 16.0 Å². The van der Waals surface area contributed by atoms with E-state index in [1.807, 2.05) is 12.1 Å². The van der Waals surface area contributed by atoms with Crippen molar-refractivity contribution in [2.75, 3.05) is 13.7 Å². The predicted octanol–water partition coefficient (Wildman–Crippen LogP) is 1.46. The van der Waals surface area contributed by atoms with Gasteiger partial charge in [-0.2, -0.15) is 4.31 Å². The van der Waals surface area contributed by atoms with Crippen molar-refractivity contribution in [3.8, 4) is 5.88 Å². The van der Waals surface area contributed by atoms with Crippen LogP contribution in [-0.2, 0) is 21.2 Å². The Hall–Kier alpha value is -2.45. The molecule has 7 nitrogen and oxygen atoms in total. The molecule has 24 heavy (non-hydrogen) atoms. The first-order chi connectivity index (χ1) is 11.4. The van der Waals surface area contributed by atoms with Gasteiger partial charge in [-0.1, -0.05) is 24.3 Å². The maximum atomic E-state index is 12.9. The minimum absolute atomic E-state index is 0.0612. The number of nitrogens with zero attached hydrogens (tertiary/aromatic N) is 2. The molecule has 0 saturated heterocycles. The van der Waals surface area contributed by atoms with Gasteiger partial charge in [0.05, 0.1) is 13.3 Å². The monoisotopic (exact) mass is 348 g/mol. The van der Waals surface area contributed by atoms with E-state index in [1.165, 1.54) is 25.4 Å². The summed E-state index contributed by atoms with van der Waals surface area (Å²) in [5, 5.41) is 9.61. The lowest BCUT2D eigenvalue weighted by Gasteiger charge is -2.33. The number of hydrogen-bond acceptors (Lipinski definition) is 5. The van der Waals surface area contributed by atoms with Gasteiger partial charge in [-0.3, -0.25) is 4.79 Å².